The topological polar surface area (TPSA) is 92.7 Å². The second-order valence-electron chi connectivity index (χ2n) is 6.91. The van der Waals surface area contributed by atoms with E-state index in [0.29, 0.717) is 16.4 Å². The first-order chi connectivity index (χ1) is 14.8. The SMILES string of the molecule is O=C(CN(c1ccc(Cl)cc1)C(CO)C(=O)[O-])Nc1cccc(C2C(S)=CC=C2S)c1. The lowest BCUT2D eigenvalue weighted by Crippen LogP contribution is -2.52. The number of aliphatic carboxylic acids is 1. The van der Waals surface area contributed by atoms with E-state index in [1.165, 1.54) is 4.90 Å². The molecule has 1 atom stereocenters. The third-order valence-corrected chi connectivity index (χ3v) is 5.88. The van der Waals surface area contributed by atoms with Crippen molar-refractivity contribution >= 4 is 60.1 Å². The number of hydrogen-bond acceptors (Lipinski definition) is 7. The minimum Gasteiger partial charge on any atom is -0.548 e. The number of amides is 1. The van der Waals surface area contributed by atoms with E-state index < -0.39 is 24.5 Å². The number of nitrogens with zero attached hydrogens (tertiary/aromatic N) is 1. The van der Waals surface area contributed by atoms with Crippen molar-refractivity contribution in [2.24, 2.45) is 0 Å². The summed E-state index contributed by atoms with van der Waals surface area (Å²) in [5.41, 5.74) is 1.87. The first kappa shape index (κ1) is 23.3. The number of carboxylic acid groups (broad SMARTS) is 1. The Morgan fingerprint density at radius 3 is 2.35 bits per heavy atom. The van der Waals surface area contributed by atoms with Gasteiger partial charge in [0.15, 0.2) is 0 Å². The molecule has 0 fully saturated rings. The lowest BCUT2D eigenvalue weighted by Gasteiger charge is -2.32. The molecule has 0 saturated carbocycles. The van der Waals surface area contributed by atoms with Gasteiger partial charge in [-0.2, -0.15) is 0 Å². The van der Waals surface area contributed by atoms with E-state index in [9.17, 15) is 19.8 Å². The van der Waals surface area contributed by atoms with Crippen molar-refractivity contribution < 1.29 is 19.8 Å². The van der Waals surface area contributed by atoms with Crippen molar-refractivity contribution in [2.75, 3.05) is 23.4 Å². The molecular formula is C22H20ClN2O4S2-. The van der Waals surface area contributed by atoms with Gasteiger partial charge in [-0.1, -0.05) is 35.9 Å². The maximum absolute atomic E-state index is 12.7. The van der Waals surface area contributed by atoms with Gasteiger partial charge in [0.25, 0.3) is 0 Å². The van der Waals surface area contributed by atoms with Crippen molar-refractivity contribution in [2.45, 2.75) is 12.0 Å². The highest BCUT2D eigenvalue weighted by Gasteiger charge is 2.23. The number of aliphatic hydroxyl groups excluding tert-OH is 1. The Hall–Kier alpha value is -2.39. The lowest BCUT2D eigenvalue weighted by atomic mass is 10.00. The Balaban J connectivity index is 1.79. The number of anilines is 2. The number of carbonyl (C=O) groups excluding carboxylic acids is 2. The van der Waals surface area contributed by atoms with Crippen LogP contribution < -0.4 is 15.3 Å². The quantitative estimate of drug-likeness (QED) is 0.440. The third-order valence-electron chi connectivity index (χ3n) is 4.81. The zero-order chi connectivity index (χ0) is 22.5. The summed E-state index contributed by atoms with van der Waals surface area (Å²) in [6.07, 6.45) is 3.75. The number of aliphatic hydroxyl groups is 1. The van der Waals surface area contributed by atoms with Crippen LogP contribution in [0, 0.1) is 0 Å². The van der Waals surface area contributed by atoms with E-state index in [2.05, 4.69) is 30.6 Å². The van der Waals surface area contributed by atoms with Crippen LogP contribution in [0.25, 0.3) is 0 Å². The molecule has 1 unspecified atom stereocenters. The molecule has 1 amide bonds. The van der Waals surface area contributed by atoms with Gasteiger partial charge in [-0.3, -0.25) is 4.79 Å². The predicted octanol–water partition coefficient (Wildman–Crippen LogP) is 2.62. The molecule has 162 valence electrons. The summed E-state index contributed by atoms with van der Waals surface area (Å²) in [6.45, 7) is -1.03. The van der Waals surface area contributed by atoms with E-state index in [1.807, 2.05) is 24.3 Å². The molecule has 0 spiro atoms. The highest BCUT2D eigenvalue weighted by molar-refractivity contribution is 7.86. The third kappa shape index (κ3) is 5.65. The number of rotatable bonds is 8. The van der Waals surface area contributed by atoms with Gasteiger partial charge in [-0.05, 0) is 51.8 Å². The zero-order valence-corrected chi connectivity index (χ0v) is 18.8. The molecule has 0 radical (unpaired) electrons. The van der Waals surface area contributed by atoms with Gasteiger partial charge in [0.2, 0.25) is 5.91 Å². The largest absolute Gasteiger partial charge is 0.548 e. The van der Waals surface area contributed by atoms with Crippen molar-refractivity contribution in [3.8, 4) is 0 Å². The number of allylic oxidation sites excluding steroid dienone is 4. The van der Waals surface area contributed by atoms with Crippen LogP contribution >= 0.6 is 36.9 Å². The summed E-state index contributed by atoms with van der Waals surface area (Å²) in [6, 6.07) is 12.2. The predicted molar refractivity (Wildman–Crippen MR) is 127 cm³/mol. The summed E-state index contributed by atoms with van der Waals surface area (Å²) in [7, 11) is 0. The Morgan fingerprint density at radius 1 is 1.13 bits per heavy atom. The molecule has 0 saturated heterocycles. The maximum atomic E-state index is 12.7. The van der Waals surface area contributed by atoms with Crippen LogP contribution in [-0.2, 0) is 9.59 Å². The van der Waals surface area contributed by atoms with E-state index in [-0.39, 0.29) is 12.5 Å². The highest BCUT2D eigenvalue weighted by Crippen LogP contribution is 2.40. The molecule has 0 heterocycles. The van der Waals surface area contributed by atoms with Crippen molar-refractivity contribution in [1.82, 2.24) is 0 Å². The number of benzene rings is 2. The molecule has 0 aromatic heterocycles. The molecular weight excluding hydrogens is 456 g/mol. The van der Waals surface area contributed by atoms with Gasteiger partial charge in [-0.25, -0.2) is 0 Å². The second-order valence-corrected chi connectivity index (χ2v) is 8.38. The average molecular weight is 476 g/mol. The number of halogens is 1. The minimum atomic E-state index is -1.49. The van der Waals surface area contributed by atoms with Crippen LogP contribution in [0.1, 0.15) is 11.5 Å². The van der Waals surface area contributed by atoms with Crippen LogP contribution in [-0.4, -0.2) is 36.2 Å². The summed E-state index contributed by atoms with van der Waals surface area (Å²) >= 11 is 14.9. The van der Waals surface area contributed by atoms with E-state index in [4.69, 9.17) is 11.6 Å². The van der Waals surface area contributed by atoms with Gasteiger partial charge in [0.05, 0.1) is 25.2 Å². The van der Waals surface area contributed by atoms with Crippen molar-refractivity contribution in [3.05, 3.63) is 81.1 Å². The monoisotopic (exact) mass is 475 g/mol. The summed E-state index contributed by atoms with van der Waals surface area (Å²) in [5, 5.41) is 24.3. The Labute approximate surface area is 196 Å². The molecule has 0 aliphatic heterocycles. The van der Waals surface area contributed by atoms with Gasteiger partial charge in [0, 0.05) is 22.3 Å². The van der Waals surface area contributed by atoms with E-state index >= 15 is 0 Å². The standard InChI is InChI=1S/C22H21ClN2O4S2/c23-14-4-6-16(7-5-14)25(17(12-26)22(28)29)11-20(27)24-15-3-1-2-13(10-15)21-18(30)8-9-19(21)31/h1-10,17,21,26,30-31H,11-12H2,(H,24,27)(H,28,29)/p-1. The molecule has 2 N–H and O–H groups in total. The summed E-state index contributed by atoms with van der Waals surface area (Å²) in [4.78, 5) is 27.2. The van der Waals surface area contributed by atoms with Crippen molar-refractivity contribution in [3.63, 3.8) is 0 Å². The Morgan fingerprint density at radius 2 is 1.77 bits per heavy atom. The van der Waals surface area contributed by atoms with Crippen LogP contribution in [0.2, 0.25) is 5.02 Å². The molecule has 3 rings (SSSR count). The number of nitrogens with one attached hydrogen (secondary N) is 1. The molecule has 2 aromatic carbocycles. The number of carbonyl (C=O) groups is 2. The Bertz CT molecular complexity index is 1020. The molecule has 31 heavy (non-hydrogen) atoms. The number of carboxylic acids is 1. The molecule has 1 aliphatic carbocycles. The van der Waals surface area contributed by atoms with Crippen LogP contribution in [0.5, 0.6) is 0 Å². The van der Waals surface area contributed by atoms with E-state index in [1.54, 1.807) is 36.4 Å². The second kappa shape index (κ2) is 10.3. The first-order valence-corrected chi connectivity index (χ1v) is 10.6. The Kier molecular flexibility index (Phi) is 7.72. The fourth-order valence-corrected chi connectivity index (χ4v) is 4.28. The normalized spacial score (nSPS) is 14.6. The minimum absolute atomic E-state index is 0.0917. The maximum Gasteiger partial charge on any atom is 0.243 e. The number of hydrogen-bond donors (Lipinski definition) is 4. The van der Waals surface area contributed by atoms with Gasteiger partial charge < -0.3 is 25.2 Å². The van der Waals surface area contributed by atoms with Crippen LogP contribution in [0.4, 0.5) is 11.4 Å². The summed E-state index contributed by atoms with van der Waals surface area (Å²) in [5.74, 6) is -2.04. The molecule has 2 aromatic rings. The molecule has 1 aliphatic rings. The molecule has 9 heteroatoms. The van der Waals surface area contributed by atoms with Crippen LogP contribution in [0.15, 0.2) is 70.5 Å². The van der Waals surface area contributed by atoms with Gasteiger partial charge in [-0.15, -0.1) is 25.3 Å². The van der Waals surface area contributed by atoms with Crippen molar-refractivity contribution in [1.29, 1.82) is 0 Å². The summed E-state index contributed by atoms with van der Waals surface area (Å²) < 4.78 is 0. The molecule has 6 nitrogen and oxygen atoms in total. The zero-order valence-electron chi connectivity index (χ0n) is 16.2. The van der Waals surface area contributed by atoms with Gasteiger partial charge >= 0.3 is 0 Å². The fourth-order valence-electron chi connectivity index (χ4n) is 3.32. The van der Waals surface area contributed by atoms with E-state index in [0.717, 1.165) is 15.4 Å². The lowest BCUT2D eigenvalue weighted by molar-refractivity contribution is -0.308. The smallest absolute Gasteiger partial charge is 0.243 e. The number of thiol groups is 2. The molecule has 0 bridgehead atoms. The average Bonchev–Trinajstić information content (AvgIpc) is 3.06. The highest BCUT2D eigenvalue weighted by atomic mass is 35.5. The first-order valence-electron chi connectivity index (χ1n) is 9.33. The fraction of sp³-hybridized carbons (Fsp3) is 0.182. The van der Waals surface area contributed by atoms with Gasteiger partial charge in [0.1, 0.15) is 0 Å². The van der Waals surface area contributed by atoms with Crippen LogP contribution in [0.3, 0.4) is 0 Å².